The normalized spacial score (nSPS) is 11.3. The van der Waals surface area contributed by atoms with Crippen LogP contribution in [-0.2, 0) is 4.74 Å². The first-order valence-corrected chi connectivity index (χ1v) is 5.85. The predicted molar refractivity (Wildman–Crippen MR) is 70.4 cm³/mol. The van der Waals surface area contributed by atoms with Crippen molar-refractivity contribution >= 4 is 11.8 Å². The summed E-state index contributed by atoms with van der Waals surface area (Å²) in [5.74, 6) is 1.48. The molecule has 96 valence electrons. The Balaban J connectivity index is 2.48. The van der Waals surface area contributed by atoms with Crippen molar-refractivity contribution in [2.45, 2.75) is 32.7 Å². The molecule has 1 rings (SSSR count). The molecule has 0 aromatic carbocycles. The first-order valence-electron chi connectivity index (χ1n) is 5.85. The summed E-state index contributed by atoms with van der Waals surface area (Å²) in [6, 6.07) is 1.87. The summed E-state index contributed by atoms with van der Waals surface area (Å²) >= 11 is 0. The molecule has 1 aromatic rings. The highest BCUT2D eigenvalue weighted by molar-refractivity contribution is 5.41. The van der Waals surface area contributed by atoms with Gasteiger partial charge in [0.05, 0.1) is 0 Å². The van der Waals surface area contributed by atoms with Gasteiger partial charge >= 0.3 is 0 Å². The Hall–Kier alpha value is -1.36. The summed E-state index contributed by atoms with van der Waals surface area (Å²) in [4.78, 5) is 8.55. The third-order valence-electron chi connectivity index (χ3n) is 1.97. The number of methoxy groups -OCH3 is 1. The summed E-state index contributed by atoms with van der Waals surface area (Å²) in [7, 11) is 1.70. The molecule has 0 aliphatic carbocycles. The molecule has 1 aromatic heterocycles. The fraction of sp³-hybridized carbons (Fsp3) is 0.667. The number of ether oxygens (including phenoxy) is 1. The van der Waals surface area contributed by atoms with Crippen LogP contribution in [0.5, 0.6) is 0 Å². The van der Waals surface area contributed by atoms with E-state index in [9.17, 15) is 0 Å². The van der Waals surface area contributed by atoms with Gasteiger partial charge < -0.3 is 15.4 Å². The zero-order valence-corrected chi connectivity index (χ0v) is 11.1. The fourth-order valence-electron chi connectivity index (χ4n) is 1.31. The summed E-state index contributed by atoms with van der Waals surface area (Å²) in [6.07, 6.45) is 2.69. The van der Waals surface area contributed by atoms with E-state index in [-0.39, 0.29) is 5.54 Å². The molecule has 0 bridgehead atoms. The summed E-state index contributed by atoms with van der Waals surface area (Å²) in [5, 5.41) is 6.47. The van der Waals surface area contributed by atoms with Crippen LogP contribution in [0.3, 0.4) is 0 Å². The molecule has 0 aliphatic rings. The van der Waals surface area contributed by atoms with Gasteiger partial charge in [0.2, 0.25) is 5.95 Å². The second kappa shape index (κ2) is 6.39. The molecule has 0 fully saturated rings. The van der Waals surface area contributed by atoms with Crippen LogP contribution < -0.4 is 10.6 Å². The summed E-state index contributed by atoms with van der Waals surface area (Å²) < 4.78 is 4.98. The SMILES string of the molecule is COCCCNc1nccc(NC(C)(C)C)n1. The van der Waals surface area contributed by atoms with Gasteiger partial charge in [-0.1, -0.05) is 0 Å². The van der Waals surface area contributed by atoms with Crippen molar-refractivity contribution < 1.29 is 4.74 Å². The van der Waals surface area contributed by atoms with E-state index in [4.69, 9.17) is 4.74 Å². The Labute approximate surface area is 103 Å². The smallest absolute Gasteiger partial charge is 0.224 e. The van der Waals surface area contributed by atoms with Gasteiger partial charge in [0.15, 0.2) is 0 Å². The number of nitrogens with zero attached hydrogens (tertiary/aromatic N) is 2. The highest BCUT2D eigenvalue weighted by Crippen LogP contribution is 2.12. The van der Waals surface area contributed by atoms with Gasteiger partial charge in [-0.05, 0) is 33.3 Å². The van der Waals surface area contributed by atoms with Gasteiger partial charge in [-0.25, -0.2) is 4.98 Å². The first-order chi connectivity index (χ1) is 8.01. The lowest BCUT2D eigenvalue weighted by atomic mass is 10.1. The molecule has 0 radical (unpaired) electrons. The number of anilines is 2. The molecule has 0 atom stereocenters. The molecule has 17 heavy (non-hydrogen) atoms. The molecule has 5 heteroatoms. The zero-order valence-electron chi connectivity index (χ0n) is 11.1. The van der Waals surface area contributed by atoms with Crippen molar-refractivity contribution in [1.82, 2.24) is 9.97 Å². The van der Waals surface area contributed by atoms with Crippen LogP contribution in [0.1, 0.15) is 27.2 Å². The molecule has 0 saturated heterocycles. The highest BCUT2D eigenvalue weighted by Gasteiger charge is 2.10. The molecular weight excluding hydrogens is 216 g/mol. The quantitative estimate of drug-likeness (QED) is 0.744. The van der Waals surface area contributed by atoms with E-state index >= 15 is 0 Å². The Morgan fingerprint density at radius 2 is 2.12 bits per heavy atom. The van der Waals surface area contributed by atoms with Gasteiger partial charge in [-0.15, -0.1) is 0 Å². The van der Waals surface area contributed by atoms with Gasteiger partial charge in [-0.3, -0.25) is 0 Å². The van der Waals surface area contributed by atoms with Crippen LogP contribution in [-0.4, -0.2) is 35.8 Å². The maximum Gasteiger partial charge on any atom is 0.224 e. The zero-order chi connectivity index (χ0) is 12.7. The van der Waals surface area contributed by atoms with Crippen LogP contribution in [0.2, 0.25) is 0 Å². The van der Waals surface area contributed by atoms with Crippen molar-refractivity contribution in [2.24, 2.45) is 0 Å². The highest BCUT2D eigenvalue weighted by atomic mass is 16.5. The van der Waals surface area contributed by atoms with E-state index in [1.54, 1.807) is 13.3 Å². The van der Waals surface area contributed by atoms with Gasteiger partial charge in [-0.2, -0.15) is 4.98 Å². The molecule has 1 heterocycles. The van der Waals surface area contributed by atoms with E-state index < -0.39 is 0 Å². The number of nitrogens with one attached hydrogen (secondary N) is 2. The van der Waals surface area contributed by atoms with E-state index in [0.717, 1.165) is 25.4 Å². The van der Waals surface area contributed by atoms with Gasteiger partial charge in [0.1, 0.15) is 5.82 Å². The van der Waals surface area contributed by atoms with Crippen LogP contribution in [0.25, 0.3) is 0 Å². The Bertz CT molecular complexity index is 336. The Kier molecular flexibility index (Phi) is 5.15. The average Bonchev–Trinajstić information content (AvgIpc) is 2.23. The standard InChI is InChI=1S/C12H22N4O/c1-12(2,3)16-10-6-8-14-11(15-10)13-7-5-9-17-4/h6,8H,5,7,9H2,1-4H3,(H2,13,14,15,16). The van der Waals surface area contributed by atoms with Crippen molar-refractivity contribution in [2.75, 3.05) is 30.9 Å². The molecule has 0 unspecified atom stereocenters. The second-order valence-electron chi connectivity index (χ2n) is 4.91. The number of aromatic nitrogens is 2. The molecular formula is C12H22N4O. The maximum atomic E-state index is 4.98. The Morgan fingerprint density at radius 3 is 2.76 bits per heavy atom. The van der Waals surface area contributed by atoms with Crippen LogP contribution in [0.4, 0.5) is 11.8 Å². The minimum Gasteiger partial charge on any atom is -0.385 e. The Morgan fingerprint density at radius 1 is 1.35 bits per heavy atom. The molecule has 0 saturated carbocycles. The van der Waals surface area contributed by atoms with Crippen molar-refractivity contribution in [3.63, 3.8) is 0 Å². The maximum absolute atomic E-state index is 4.98. The van der Waals surface area contributed by atoms with Crippen LogP contribution in [0.15, 0.2) is 12.3 Å². The van der Waals surface area contributed by atoms with Crippen molar-refractivity contribution in [1.29, 1.82) is 0 Å². The summed E-state index contributed by atoms with van der Waals surface area (Å²) in [5.41, 5.74) is 0.00166. The minimum atomic E-state index is 0.00166. The van der Waals surface area contributed by atoms with E-state index in [0.29, 0.717) is 5.95 Å². The molecule has 2 N–H and O–H groups in total. The molecule has 5 nitrogen and oxygen atoms in total. The lowest BCUT2D eigenvalue weighted by molar-refractivity contribution is 0.197. The first kappa shape index (κ1) is 13.7. The summed E-state index contributed by atoms with van der Waals surface area (Å²) in [6.45, 7) is 7.85. The lowest BCUT2D eigenvalue weighted by Crippen LogP contribution is -2.26. The fourth-order valence-corrected chi connectivity index (χ4v) is 1.31. The van der Waals surface area contributed by atoms with Crippen molar-refractivity contribution in [3.05, 3.63) is 12.3 Å². The van der Waals surface area contributed by atoms with Crippen molar-refractivity contribution in [3.8, 4) is 0 Å². The lowest BCUT2D eigenvalue weighted by Gasteiger charge is -2.21. The third kappa shape index (κ3) is 6.06. The number of hydrogen-bond donors (Lipinski definition) is 2. The molecule has 0 spiro atoms. The monoisotopic (exact) mass is 238 g/mol. The topological polar surface area (TPSA) is 59.1 Å². The average molecular weight is 238 g/mol. The molecule has 0 aliphatic heterocycles. The van der Waals surface area contributed by atoms with Gasteiger partial charge in [0, 0.05) is 32.0 Å². The second-order valence-corrected chi connectivity index (χ2v) is 4.91. The third-order valence-corrected chi connectivity index (χ3v) is 1.97. The minimum absolute atomic E-state index is 0.00166. The number of rotatable bonds is 6. The van der Waals surface area contributed by atoms with Crippen LogP contribution in [0, 0.1) is 0 Å². The molecule has 0 amide bonds. The van der Waals surface area contributed by atoms with E-state index in [1.807, 2.05) is 6.07 Å². The predicted octanol–water partition coefficient (Wildman–Crippen LogP) is 2.14. The van der Waals surface area contributed by atoms with E-state index in [2.05, 4.69) is 41.4 Å². The van der Waals surface area contributed by atoms with E-state index in [1.165, 1.54) is 0 Å². The van der Waals surface area contributed by atoms with Gasteiger partial charge in [0.25, 0.3) is 0 Å². The van der Waals surface area contributed by atoms with Crippen LogP contribution >= 0.6 is 0 Å². The number of hydrogen-bond acceptors (Lipinski definition) is 5. The largest absolute Gasteiger partial charge is 0.385 e.